The van der Waals surface area contributed by atoms with Gasteiger partial charge in [-0.1, -0.05) is 31.4 Å². The van der Waals surface area contributed by atoms with Gasteiger partial charge in [-0.2, -0.15) is 0 Å². The maximum Gasteiger partial charge on any atom is 0.251 e. The van der Waals surface area contributed by atoms with Crippen LogP contribution in [-0.4, -0.2) is 36.9 Å². The summed E-state index contributed by atoms with van der Waals surface area (Å²) >= 11 is 5.59. The summed E-state index contributed by atoms with van der Waals surface area (Å²) in [6, 6.07) is 5.78. The lowest BCUT2D eigenvalue weighted by molar-refractivity contribution is -0.118. The Labute approximate surface area is 159 Å². The quantitative estimate of drug-likeness (QED) is 0.748. The minimum absolute atomic E-state index is 0.0606. The molecule has 1 saturated carbocycles. The summed E-state index contributed by atoms with van der Waals surface area (Å²) in [5, 5.41) is 6.02. The van der Waals surface area contributed by atoms with Crippen molar-refractivity contribution < 1.29 is 14.3 Å². The second-order valence-electron chi connectivity index (χ2n) is 7.16. The maximum absolute atomic E-state index is 13.0. The molecule has 142 valence electrons. The Bertz CT molecular complexity index is 644. The minimum Gasteiger partial charge on any atom is -0.376 e. The molecule has 1 atom stereocenters. The van der Waals surface area contributed by atoms with Crippen molar-refractivity contribution in [2.75, 3.05) is 19.0 Å². The third-order valence-electron chi connectivity index (χ3n) is 5.46. The number of benzene rings is 1. The zero-order valence-electron chi connectivity index (χ0n) is 15.1. The molecule has 1 aliphatic heterocycles. The van der Waals surface area contributed by atoms with Gasteiger partial charge in [0.15, 0.2) is 0 Å². The Morgan fingerprint density at radius 3 is 2.81 bits per heavy atom. The lowest BCUT2D eigenvalue weighted by Gasteiger charge is -2.31. The molecular weight excluding hydrogens is 352 g/mol. The average Bonchev–Trinajstić information content (AvgIpc) is 2.70. The van der Waals surface area contributed by atoms with Gasteiger partial charge in [-0.05, 0) is 42.4 Å². The largest absolute Gasteiger partial charge is 0.376 e. The third kappa shape index (κ3) is 4.77. The number of fused-ring (bicyclic) bond motifs is 1. The molecule has 1 fully saturated rings. The molecule has 2 N–H and O–H groups in total. The molecule has 1 aromatic carbocycles. The molecule has 6 heteroatoms. The van der Waals surface area contributed by atoms with Crippen LogP contribution in [0.15, 0.2) is 18.2 Å². The van der Waals surface area contributed by atoms with Gasteiger partial charge in [-0.25, -0.2) is 0 Å². The van der Waals surface area contributed by atoms with Crippen LogP contribution in [0.2, 0.25) is 0 Å². The van der Waals surface area contributed by atoms with Crippen LogP contribution in [0.1, 0.15) is 53.6 Å². The number of carbonyl (C=O) groups is 2. The van der Waals surface area contributed by atoms with Gasteiger partial charge in [0.25, 0.3) is 5.91 Å². The Balaban J connectivity index is 1.72. The number of ether oxygens (including phenoxy) is 1. The zero-order valence-corrected chi connectivity index (χ0v) is 15.8. The van der Waals surface area contributed by atoms with Gasteiger partial charge >= 0.3 is 0 Å². The van der Waals surface area contributed by atoms with E-state index < -0.39 is 0 Å². The van der Waals surface area contributed by atoms with Crippen LogP contribution in [0.25, 0.3) is 0 Å². The lowest BCUT2D eigenvalue weighted by atomic mass is 9.83. The van der Waals surface area contributed by atoms with Crippen LogP contribution < -0.4 is 10.6 Å². The smallest absolute Gasteiger partial charge is 0.251 e. The van der Waals surface area contributed by atoms with Gasteiger partial charge < -0.3 is 15.4 Å². The molecule has 1 aromatic rings. The van der Waals surface area contributed by atoms with E-state index in [0.29, 0.717) is 31.2 Å². The highest BCUT2D eigenvalue weighted by Crippen LogP contribution is 2.27. The number of nitrogens with one attached hydrogen (secondary N) is 2. The summed E-state index contributed by atoms with van der Waals surface area (Å²) in [4.78, 5) is 24.6. The van der Waals surface area contributed by atoms with Gasteiger partial charge in [0.05, 0.1) is 13.2 Å². The SMILES string of the molecule is O=C(CCl)NCC(NC(=O)c1cccc2c1COCC2)C1CCCCC1. The first-order valence-corrected chi connectivity index (χ1v) is 10.0. The molecule has 1 heterocycles. The van der Waals surface area contributed by atoms with E-state index in [0.717, 1.165) is 24.8 Å². The molecule has 0 spiro atoms. The van der Waals surface area contributed by atoms with Gasteiger partial charge in [0.2, 0.25) is 5.91 Å². The van der Waals surface area contributed by atoms with E-state index >= 15 is 0 Å². The van der Waals surface area contributed by atoms with Gasteiger partial charge in [-0.15, -0.1) is 11.6 Å². The summed E-state index contributed by atoms with van der Waals surface area (Å²) in [6.07, 6.45) is 6.60. The number of halogens is 1. The fourth-order valence-corrected chi connectivity index (χ4v) is 4.09. The molecule has 0 bridgehead atoms. The van der Waals surface area contributed by atoms with Gasteiger partial charge in [-0.3, -0.25) is 9.59 Å². The molecule has 3 rings (SSSR count). The molecule has 1 unspecified atom stereocenters. The molecule has 2 amide bonds. The van der Waals surface area contributed by atoms with Crippen molar-refractivity contribution in [3.8, 4) is 0 Å². The standard InChI is InChI=1S/C20H27ClN2O3/c21-11-19(24)22-12-18(15-5-2-1-3-6-15)23-20(25)16-8-4-7-14-9-10-26-13-17(14)16/h4,7-8,15,18H,1-3,5-6,9-13H2,(H,22,24)(H,23,25). The van der Waals surface area contributed by atoms with Crippen LogP contribution in [0.5, 0.6) is 0 Å². The first-order chi connectivity index (χ1) is 12.7. The second-order valence-corrected chi connectivity index (χ2v) is 7.43. The highest BCUT2D eigenvalue weighted by molar-refractivity contribution is 6.27. The zero-order chi connectivity index (χ0) is 18.4. The van der Waals surface area contributed by atoms with Crippen molar-refractivity contribution in [3.05, 3.63) is 34.9 Å². The monoisotopic (exact) mass is 378 g/mol. The van der Waals surface area contributed by atoms with E-state index in [1.54, 1.807) is 0 Å². The summed E-state index contributed by atoms with van der Waals surface area (Å²) in [5.41, 5.74) is 2.86. The summed E-state index contributed by atoms with van der Waals surface area (Å²) in [5.74, 6) is 0.0453. The van der Waals surface area contributed by atoms with Crippen LogP contribution in [-0.2, 0) is 22.6 Å². The number of alkyl halides is 1. The first kappa shape index (κ1) is 19.2. The van der Waals surface area contributed by atoms with E-state index in [4.69, 9.17) is 16.3 Å². The van der Waals surface area contributed by atoms with Crippen molar-refractivity contribution >= 4 is 23.4 Å². The predicted octanol–water partition coefficient (Wildman–Crippen LogP) is 2.79. The van der Waals surface area contributed by atoms with Gasteiger partial charge in [0, 0.05) is 18.2 Å². The highest BCUT2D eigenvalue weighted by Gasteiger charge is 2.27. The third-order valence-corrected chi connectivity index (χ3v) is 5.70. The van der Waals surface area contributed by atoms with Crippen molar-refractivity contribution in [1.29, 1.82) is 0 Å². The highest BCUT2D eigenvalue weighted by atomic mass is 35.5. The summed E-state index contributed by atoms with van der Waals surface area (Å²) < 4.78 is 5.55. The topological polar surface area (TPSA) is 67.4 Å². The summed E-state index contributed by atoms with van der Waals surface area (Å²) in [6.45, 7) is 1.61. The van der Waals surface area contributed by atoms with Crippen LogP contribution >= 0.6 is 11.6 Å². The molecule has 2 aliphatic rings. The van der Waals surface area contributed by atoms with E-state index in [9.17, 15) is 9.59 Å². The average molecular weight is 379 g/mol. The van der Waals surface area contributed by atoms with E-state index in [-0.39, 0.29) is 23.7 Å². The Morgan fingerprint density at radius 2 is 2.04 bits per heavy atom. The maximum atomic E-state index is 13.0. The van der Waals surface area contributed by atoms with Crippen molar-refractivity contribution in [1.82, 2.24) is 10.6 Å². The molecular formula is C20H27ClN2O3. The van der Waals surface area contributed by atoms with Crippen molar-refractivity contribution in [2.45, 2.75) is 51.2 Å². The number of hydrogen-bond acceptors (Lipinski definition) is 3. The molecule has 1 aliphatic carbocycles. The van der Waals surface area contributed by atoms with Crippen LogP contribution in [0.3, 0.4) is 0 Å². The van der Waals surface area contributed by atoms with Crippen molar-refractivity contribution in [3.63, 3.8) is 0 Å². The Hall–Kier alpha value is -1.59. The fourth-order valence-electron chi connectivity index (χ4n) is 4.00. The predicted molar refractivity (Wildman–Crippen MR) is 101 cm³/mol. The molecule has 0 radical (unpaired) electrons. The summed E-state index contributed by atoms with van der Waals surface area (Å²) in [7, 11) is 0. The van der Waals surface area contributed by atoms with E-state index in [2.05, 4.69) is 16.7 Å². The van der Waals surface area contributed by atoms with Crippen LogP contribution in [0, 0.1) is 5.92 Å². The molecule has 5 nitrogen and oxygen atoms in total. The van der Waals surface area contributed by atoms with Crippen molar-refractivity contribution in [2.24, 2.45) is 5.92 Å². The Kier molecular flexibility index (Phi) is 6.92. The minimum atomic E-state index is -0.202. The number of carbonyl (C=O) groups excluding carboxylic acids is 2. The van der Waals surface area contributed by atoms with E-state index in [1.165, 1.54) is 24.8 Å². The van der Waals surface area contributed by atoms with E-state index in [1.807, 2.05) is 12.1 Å². The second kappa shape index (κ2) is 9.38. The fraction of sp³-hybridized carbons (Fsp3) is 0.600. The molecule has 0 saturated heterocycles. The molecule has 0 aromatic heterocycles. The Morgan fingerprint density at radius 1 is 1.23 bits per heavy atom. The normalized spacial score (nSPS) is 18.7. The number of amides is 2. The van der Waals surface area contributed by atoms with Gasteiger partial charge in [0.1, 0.15) is 5.88 Å². The number of hydrogen-bond donors (Lipinski definition) is 2. The molecule has 26 heavy (non-hydrogen) atoms. The number of rotatable bonds is 6. The first-order valence-electron chi connectivity index (χ1n) is 9.51. The lowest BCUT2D eigenvalue weighted by Crippen LogP contribution is -2.49. The van der Waals surface area contributed by atoms with Crippen LogP contribution in [0.4, 0.5) is 0 Å².